The summed E-state index contributed by atoms with van der Waals surface area (Å²) in [5, 5.41) is 60.0. The van der Waals surface area contributed by atoms with Crippen molar-refractivity contribution < 1.29 is 14.2 Å². The van der Waals surface area contributed by atoms with Crippen LogP contribution >= 0.6 is 0 Å². The Labute approximate surface area is 729 Å². The van der Waals surface area contributed by atoms with Crippen LogP contribution in [-0.2, 0) is 0 Å². The second-order valence-electron chi connectivity index (χ2n) is 33.1. The van der Waals surface area contributed by atoms with Crippen molar-refractivity contribution in [1.29, 1.82) is 15.8 Å². The molecule has 0 aromatic heterocycles. The number of fused-ring (bicyclic) bond motifs is 22. The number of benzene rings is 24. The van der Waals surface area contributed by atoms with Gasteiger partial charge in [0, 0.05) is 32.8 Å². The van der Waals surface area contributed by atoms with E-state index in [2.05, 4.69) is 370 Å². The predicted octanol–water partition coefficient (Wildman–Crippen LogP) is 33.3. The second kappa shape index (κ2) is 28.9. The van der Waals surface area contributed by atoms with Crippen molar-refractivity contribution in [3.05, 3.63) is 423 Å². The summed E-state index contributed by atoms with van der Waals surface area (Å²) in [6.07, 6.45) is 0. The number of hydrogen-bond acceptors (Lipinski definition) is 6. The number of nitriles is 3. The fraction of sp³-hybridized carbons (Fsp3) is 0. The van der Waals surface area contributed by atoms with Gasteiger partial charge in [0.2, 0.25) is 0 Å². The lowest BCUT2D eigenvalue weighted by atomic mass is 9.85. The standard InChI is InChI=1S/C45H25NO.C41H23NO.C35H19NO/c46-26-27-19-20-36-38-18-8-17-37-35(21-22-43(45(37)38)47-44(36)23-27)40-25-42-33-14-5-3-12-31(33)39(24-41(42)34-15-6-4-13-32(34)40)30-16-7-10-28-9-1-2-11-29(28)30;42-24-25-17-18-32-34-16-8-15-33-31(19-20-39(41(33)34)43-40(32)21-25)36-23-38-28-12-5-4-11-27(28)35(26-9-2-1-3-10-26)22-37(38)30-14-7-6-13-29(30)36;36-20-21-12-14-28-30-11-5-10-29-27(16-17-33(35(29)30)37-34(28)18-21)32-19-31-23-7-2-1-6-22(23)13-15-26(31)24-8-3-4-9-25(24)32/h1-25H;1-23H;1-19H. The van der Waals surface area contributed by atoms with Gasteiger partial charge >= 0.3 is 0 Å². The highest BCUT2D eigenvalue weighted by molar-refractivity contribution is 6.29. The Morgan fingerprint density at radius 3 is 0.787 bits per heavy atom. The van der Waals surface area contributed by atoms with E-state index in [1.165, 1.54) is 163 Å². The number of rotatable bonds is 5. The lowest BCUT2D eigenvalue weighted by molar-refractivity contribution is 0.486. The van der Waals surface area contributed by atoms with Gasteiger partial charge in [-0.05, 0) is 299 Å². The molecule has 27 rings (SSSR count). The van der Waals surface area contributed by atoms with Crippen molar-refractivity contribution in [2.45, 2.75) is 0 Å². The summed E-state index contributed by atoms with van der Waals surface area (Å²) >= 11 is 0. The third-order valence-corrected chi connectivity index (χ3v) is 26.4. The average molecular weight is 1610 g/mol. The molecule has 6 nitrogen and oxygen atoms in total. The van der Waals surface area contributed by atoms with Gasteiger partial charge in [0.25, 0.3) is 0 Å². The van der Waals surface area contributed by atoms with Crippen molar-refractivity contribution in [3.63, 3.8) is 0 Å². The summed E-state index contributed by atoms with van der Waals surface area (Å²) in [6, 6.07) is 151. The van der Waals surface area contributed by atoms with Crippen molar-refractivity contribution in [2.24, 2.45) is 0 Å². The highest BCUT2D eigenvalue weighted by atomic mass is 16.5. The molecule has 6 heteroatoms. The molecule has 0 bridgehead atoms. The van der Waals surface area contributed by atoms with Crippen LogP contribution in [-0.4, -0.2) is 0 Å². The SMILES string of the molecule is N#Cc1ccc2c(c1)Oc1ccc(-c3cc4c5ccccc5c(-c5cccc6ccccc56)cc4c4ccccc34)c3cccc-2c13.N#Cc1ccc2c(c1)Oc1ccc(-c3cc4c5ccccc5c(-c5ccccc5)cc4c4ccccc34)c3cccc-2c13.N#Cc1ccc2c(c1)Oc1ccc(-c3cc4c5ccccc5ccc4c4ccccc34)c3cccc-2c13. The van der Waals surface area contributed by atoms with E-state index in [0.717, 1.165) is 100 Å². The van der Waals surface area contributed by atoms with E-state index in [1.807, 2.05) is 54.6 Å². The number of nitrogens with zero attached hydrogens (tertiary/aromatic N) is 3. The van der Waals surface area contributed by atoms with Crippen LogP contribution in [0.3, 0.4) is 0 Å². The quantitative estimate of drug-likeness (QED) is 0.159. The lowest BCUT2D eigenvalue weighted by Crippen LogP contribution is -1.98. The van der Waals surface area contributed by atoms with Gasteiger partial charge in [0.1, 0.15) is 34.5 Å². The van der Waals surface area contributed by atoms with Crippen molar-refractivity contribution in [2.75, 3.05) is 0 Å². The molecule has 0 atom stereocenters. The van der Waals surface area contributed by atoms with Crippen LogP contribution in [0.2, 0.25) is 0 Å². The molecule has 0 saturated carbocycles. The van der Waals surface area contributed by atoms with E-state index < -0.39 is 0 Å². The van der Waals surface area contributed by atoms with Crippen LogP contribution in [0.1, 0.15) is 16.7 Å². The zero-order valence-electron chi connectivity index (χ0n) is 68.2. The maximum absolute atomic E-state index is 9.49. The van der Waals surface area contributed by atoms with Crippen LogP contribution in [0, 0.1) is 34.0 Å². The van der Waals surface area contributed by atoms with Gasteiger partial charge in [-0.1, -0.05) is 303 Å². The monoisotopic (exact) mass is 1610 g/mol. The minimum Gasteiger partial charge on any atom is -0.456 e. The van der Waals surface area contributed by atoms with E-state index in [4.69, 9.17) is 14.2 Å². The maximum Gasteiger partial charge on any atom is 0.136 e. The Bertz CT molecular complexity index is 9110. The molecule has 0 N–H and O–H groups in total. The van der Waals surface area contributed by atoms with Gasteiger partial charge < -0.3 is 14.2 Å². The zero-order valence-corrected chi connectivity index (χ0v) is 68.2. The topological polar surface area (TPSA) is 99.1 Å². The Morgan fingerprint density at radius 1 is 0.142 bits per heavy atom. The minimum absolute atomic E-state index is 0.592. The summed E-state index contributed by atoms with van der Waals surface area (Å²) in [5.41, 5.74) is 20.3. The Morgan fingerprint density at radius 2 is 0.402 bits per heavy atom. The van der Waals surface area contributed by atoms with Gasteiger partial charge in [-0.25, -0.2) is 0 Å². The first kappa shape index (κ1) is 72.4. The molecule has 0 spiro atoms. The highest BCUT2D eigenvalue weighted by Gasteiger charge is 2.29. The summed E-state index contributed by atoms with van der Waals surface area (Å²) < 4.78 is 19.2. The molecular weight excluding hydrogens is 1540 g/mol. The van der Waals surface area contributed by atoms with E-state index in [0.29, 0.717) is 16.7 Å². The summed E-state index contributed by atoms with van der Waals surface area (Å²) in [4.78, 5) is 0. The van der Waals surface area contributed by atoms with E-state index in [1.54, 1.807) is 0 Å². The third-order valence-electron chi connectivity index (χ3n) is 26.4. The maximum atomic E-state index is 9.49. The van der Waals surface area contributed by atoms with Gasteiger partial charge in [-0.3, -0.25) is 0 Å². The highest BCUT2D eigenvalue weighted by Crippen LogP contribution is 2.56. The third kappa shape index (κ3) is 11.4. The van der Waals surface area contributed by atoms with Crippen LogP contribution < -0.4 is 14.2 Å². The van der Waals surface area contributed by atoms with Crippen molar-refractivity contribution in [3.8, 4) is 142 Å². The molecule has 127 heavy (non-hydrogen) atoms. The zero-order chi connectivity index (χ0) is 84.1. The molecule has 0 aliphatic carbocycles. The van der Waals surface area contributed by atoms with Gasteiger partial charge in [-0.15, -0.1) is 0 Å². The van der Waals surface area contributed by atoms with E-state index >= 15 is 0 Å². The molecule has 0 radical (unpaired) electrons. The van der Waals surface area contributed by atoms with Crippen LogP contribution in [0.4, 0.5) is 0 Å². The second-order valence-corrected chi connectivity index (χ2v) is 33.1. The van der Waals surface area contributed by atoms with E-state index in [-0.39, 0.29) is 0 Å². The first-order valence-corrected chi connectivity index (χ1v) is 42.8. The van der Waals surface area contributed by atoms with Crippen molar-refractivity contribution in [1.82, 2.24) is 0 Å². The Kier molecular flexibility index (Phi) is 16.4. The van der Waals surface area contributed by atoms with Crippen LogP contribution in [0.15, 0.2) is 406 Å². The molecule has 0 fully saturated rings. The molecule has 584 valence electrons. The molecule has 24 aromatic rings. The van der Waals surface area contributed by atoms with Crippen LogP contribution in [0.25, 0.3) is 229 Å². The van der Waals surface area contributed by atoms with Gasteiger partial charge in [-0.2, -0.15) is 15.8 Å². The summed E-state index contributed by atoms with van der Waals surface area (Å²) in [6.45, 7) is 0. The molecule has 3 aliphatic heterocycles. The molecule has 3 heterocycles. The summed E-state index contributed by atoms with van der Waals surface area (Å²) in [7, 11) is 0. The minimum atomic E-state index is 0.592. The fourth-order valence-corrected chi connectivity index (χ4v) is 20.8. The number of ether oxygens (including phenoxy) is 3. The summed E-state index contributed by atoms with van der Waals surface area (Å²) in [5.74, 6) is 4.64. The normalized spacial score (nSPS) is 11.9. The first-order valence-electron chi connectivity index (χ1n) is 42.8. The average Bonchev–Trinajstić information content (AvgIpc) is 0.724. The molecular formula is C121H67N3O3. The molecule has 0 amide bonds. The lowest BCUT2D eigenvalue weighted by Gasteiger charge is -2.23. The largest absolute Gasteiger partial charge is 0.456 e. The molecule has 0 unspecified atom stereocenters. The molecule has 24 aromatic carbocycles. The Hall–Kier alpha value is -17.5. The number of hydrogen-bond donors (Lipinski definition) is 0. The first-order chi connectivity index (χ1) is 62.8. The Balaban J connectivity index is 0.000000104. The smallest absolute Gasteiger partial charge is 0.136 e. The fourth-order valence-electron chi connectivity index (χ4n) is 20.8. The van der Waals surface area contributed by atoms with E-state index in [9.17, 15) is 15.8 Å². The van der Waals surface area contributed by atoms with Crippen LogP contribution in [0.5, 0.6) is 34.5 Å². The molecule has 0 saturated heterocycles. The van der Waals surface area contributed by atoms with Gasteiger partial charge in [0.15, 0.2) is 0 Å². The van der Waals surface area contributed by atoms with Crippen molar-refractivity contribution >= 4 is 140 Å². The predicted molar refractivity (Wildman–Crippen MR) is 525 cm³/mol. The molecule has 3 aliphatic rings. The van der Waals surface area contributed by atoms with Gasteiger partial charge in [0.05, 0.1) is 34.9 Å².